The van der Waals surface area contributed by atoms with Gasteiger partial charge in [-0.3, -0.25) is 9.59 Å². The van der Waals surface area contributed by atoms with Crippen molar-refractivity contribution < 1.29 is 28.2 Å². The zero-order chi connectivity index (χ0) is 36.3. The molecule has 2 amide bonds. The number of nitrogens with one attached hydrogen (secondary N) is 3. The average Bonchev–Trinajstić information content (AvgIpc) is 3.11. The molecule has 2 heterocycles. The number of hydrogen-bond acceptors (Lipinski definition) is 9. The zero-order valence-corrected chi connectivity index (χ0v) is 30.0. The molecule has 5 rings (SSSR count). The Morgan fingerprint density at radius 2 is 1.82 bits per heavy atom. The third-order valence-electron chi connectivity index (χ3n) is 8.75. The van der Waals surface area contributed by atoms with Crippen molar-refractivity contribution in [1.82, 2.24) is 20.2 Å². The molecule has 0 spiro atoms. The SMILES string of the molecule is CCCNC(=O)CCc1ccc(Oc2nc(Nc3ccc(OCC4CCCN(C)C4)c(F)c3)ncc2C(=O)Nc2c(C)cccc2C)c(OC)c1. The fourth-order valence-electron chi connectivity index (χ4n) is 5.96. The first-order chi connectivity index (χ1) is 24.6. The smallest absolute Gasteiger partial charge is 0.262 e. The van der Waals surface area contributed by atoms with Crippen molar-refractivity contribution >= 4 is 29.1 Å². The lowest BCUT2D eigenvalue weighted by Crippen LogP contribution is -2.34. The van der Waals surface area contributed by atoms with Crippen molar-refractivity contribution in [1.29, 1.82) is 0 Å². The van der Waals surface area contributed by atoms with Gasteiger partial charge in [-0.15, -0.1) is 0 Å². The van der Waals surface area contributed by atoms with Gasteiger partial charge >= 0.3 is 0 Å². The van der Waals surface area contributed by atoms with Gasteiger partial charge in [0.25, 0.3) is 5.91 Å². The van der Waals surface area contributed by atoms with Gasteiger partial charge in [-0.05, 0) is 94.1 Å². The summed E-state index contributed by atoms with van der Waals surface area (Å²) in [6.45, 7) is 8.90. The maximum Gasteiger partial charge on any atom is 0.262 e. The number of aryl methyl sites for hydroxylation is 3. The van der Waals surface area contributed by atoms with E-state index in [1.165, 1.54) is 19.4 Å². The molecule has 1 aliphatic heterocycles. The van der Waals surface area contributed by atoms with Crippen molar-refractivity contribution in [2.45, 2.75) is 52.9 Å². The van der Waals surface area contributed by atoms with Crippen LogP contribution in [0, 0.1) is 25.6 Å². The largest absolute Gasteiger partial charge is 0.493 e. The van der Waals surface area contributed by atoms with Crippen molar-refractivity contribution in [3.05, 3.63) is 88.9 Å². The van der Waals surface area contributed by atoms with Crippen LogP contribution in [0.2, 0.25) is 0 Å². The Hall–Kier alpha value is -5.23. The summed E-state index contributed by atoms with van der Waals surface area (Å²) >= 11 is 0. The molecule has 1 unspecified atom stereocenters. The number of benzene rings is 3. The molecule has 1 atom stereocenters. The van der Waals surface area contributed by atoms with Crippen molar-refractivity contribution in [3.8, 4) is 23.1 Å². The number of halogens is 1. The Bertz CT molecular complexity index is 1820. The number of methoxy groups -OCH3 is 1. The molecular weight excluding hydrogens is 651 g/mol. The number of hydrogen-bond donors (Lipinski definition) is 3. The minimum Gasteiger partial charge on any atom is -0.493 e. The van der Waals surface area contributed by atoms with E-state index in [0.29, 0.717) is 54.8 Å². The van der Waals surface area contributed by atoms with Crippen LogP contribution in [0.5, 0.6) is 23.1 Å². The number of nitrogens with zero attached hydrogens (tertiary/aromatic N) is 3. The summed E-state index contributed by atoms with van der Waals surface area (Å²) in [5, 5.41) is 8.87. The fourth-order valence-corrected chi connectivity index (χ4v) is 5.96. The third kappa shape index (κ3) is 10.2. The van der Waals surface area contributed by atoms with Crippen LogP contribution in [0.25, 0.3) is 0 Å². The lowest BCUT2D eigenvalue weighted by molar-refractivity contribution is -0.121. The molecule has 0 radical (unpaired) electrons. The monoisotopic (exact) mass is 698 g/mol. The van der Waals surface area contributed by atoms with Crippen LogP contribution in [0.1, 0.15) is 59.7 Å². The van der Waals surface area contributed by atoms with Crippen molar-refractivity contribution in [3.63, 3.8) is 0 Å². The molecule has 0 bridgehead atoms. The standard InChI is InChI=1S/C39H47FN6O5/c1-6-18-41-35(47)17-13-27-12-15-33(34(20-27)49-5)51-38-30(37(48)44-36-25(2)9-7-10-26(36)3)22-42-39(45-38)43-29-14-16-32(31(40)21-29)50-24-28-11-8-19-46(4)23-28/h7,9-10,12,14-16,20-22,28H,6,8,11,13,17-19,23-24H2,1-5H3,(H,41,47)(H,44,48)(H,42,43,45). The maximum absolute atomic E-state index is 15.1. The molecule has 0 saturated carbocycles. The van der Waals surface area contributed by atoms with E-state index < -0.39 is 11.7 Å². The minimum absolute atomic E-state index is 0.0220. The van der Waals surface area contributed by atoms with Crippen LogP contribution >= 0.6 is 0 Å². The first kappa shape index (κ1) is 37.0. The van der Waals surface area contributed by atoms with Crippen LogP contribution in [0.3, 0.4) is 0 Å². The second kappa shape index (κ2) is 17.6. The second-order valence-corrected chi connectivity index (χ2v) is 12.9. The van der Waals surface area contributed by atoms with Gasteiger partial charge in [0, 0.05) is 49.1 Å². The number of rotatable bonds is 15. The molecule has 12 heteroatoms. The topological polar surface area (TPSA) is 127 Å². The molecule has 1 aliphatic rings. The summed E-state index contributed by atoms with van der Waals surface area (Å²) in [4.78, 5) is 37.0. The third-order valence-corrected chi connectivity index (χ3v) is 8.75. The van der Waals surface area contributed by atoms with E-state index >= 15 is 4.39 Å². The fraction of sp³-hybridized carbons (Fsp3) is 0.385. The molecule has 3 aromatic carbocycles. The average molecular weight is 699 g/mol. The molecule has 51 heavy (non-hydrogen) atoms. The summed E-state index contributed by atoms with van der Waals surface area (Å²) in [5.41, 5.74) is 3.81. The number of aromatic nitrogens is 2. The molecule has 11 nitrogen and oxygen atoms in total. The molecule has 4 aromatic rings. The van der Waals surface area contributed by atoms with Gasteiger partial charge in [0.15, 0.2) is 23.1 Å². The van der Waals surface area contributed by atoms with Crippen LogP contribution < -0.4 is 30.2 Å². The lowest BCUT2D eigenvalue weighted by Gasteiger charge is -2.29. The van der Waals surface area contributed by atoms with E-state index in [4.69, 9.17) is 14.2 Å². The van der Waals surface area contributed by atoms with Crippen molar-refractivity contribution in [2.24, 2.45) is 5.92 Å². The summed E-state index contributed by atoms with van der Waals surface area (Å²) in [5.74, 6) is 0.259. The molecule has 1 fully saturated rings. The van der Waals surface area contributed by atoms with E-state index in [1.807, 2.05) is 45.0 Å². The van der Waals surface area contributed by atoms with Gasteiger partial charge in [-0.1, -0.05) is 31.2 Å². The Labute approximate surface area is 298 Å². The van der Waals surface area contributed by atoms with Crippen LogP contribution in [-0.4, -0.2) is 67.1 Å². The Morgan fingerprint density at radius 1 is 1.04 bits per heavy atom. The molecule has 270 valence electrons. The quantitative estimate of drug-likeness (QED) is 0.118. The highest BCUT2D eigenvalue weighted by atomic mass is 19.1. The molecule has 3 N–H and O–H groups in total. The predicted molar refractivity (Wildman–Crippen MR) is 196 cm³/mol. The van der Waals surface area contributed by atoms with Crippen LogP contribution in [0.4, 0.5) is 21.7 Å². The molecule has 0 aliphatic carbocycles. The number of carbonyl (C=O) groups is 2. The number of piperidine rings is 1. The Kier molecular flexibility index (Phi) is 12.8. The Balaban J connectivity index is 1.37. The van der Waals surface area contributed by atoms with Crippen LogP contribution in [0.15, 0.2) is 60.8 Å². The second-order valence-electron chi connectivity index (χ2n) is 12.9. The summed E-state index contributed by atoms with van der Waals surface area (Å²) in [6, 6.07) is 15.6. The predicted octanol–water partition coefficient (Wildman–Crippen LogP) is 7.21. The van der Waals surface area contributed by atoms with Gasteiger partial charge in [-0.2, -0.15) is 4.98 Å². The van der Waals surface area contributed by atoms with Gasteiger partial charge in [-0.25, -0.2) is 9.37 Å². The number of anilines is 3. The molecule has 1 aromatic heterocycles. The number of ether oxygens (including phenoxy) is 3. The summed E-state index contributed by atoms with van der Waals surface area (Å²) in [7, 11) is 3.60. The summed E-state index contributed by atoms with van der Waals surface area (Å²) < 4.78 is 32.9. The van der Waals surface area contributed by atoms with E-state index in [-0.39, 0.29) is 29.0 Å². The highest BCUT2D eigenvalue weighted by Gasteiger charge is 2.22. The highest BCUT2D eigenvalue weighted by molar-refractivity contribution is 6.06. The van der Waals surface area contributed by atoms with E-state index in [2.05, 4.69) is 37.9 Å². The number of carbonyl (C=O) groups excluding carboxylic acids is 2. The van der Waals surface area contributed by atoms with Crippen molar-refractivity contribution in [2.75, 3.05) is 51.0 Å². The molecule has 1 saturated heterocycles. The first-order valence-electron chi connectivity index (χ1n) is 17.4. The number of para-hydroxylation sites is 1. The van der Waals surface area contributed by atoms with E-state index in [9.17, 15) is 9.59 Å². The number of amides is 2. The Morgan fingerprint density at radius 3 is 2.55 bits per heavy atom. The highest BCUT2D eigenvalue weighted by Crippen LogP contribution is 2.35. The van der Waals surface area contributed by atoms with Gasteiger partial charge in [0.1, 0.15) is 5.56 Å². The van der Waals surface area contributed by atoms with Gasteiger partial charge in [0.2, 0.25) is 17.7 Å². The molecular formula is C39H47FN6O5. The van der Waals surface area contributed by atoms with Crippen LogP contribution in [-0.2, 0) is 11.2 Å². The minimum atomic E-state index is -0.516. The normalized spacial score (nSPS) is 14.4. The summed E-state index contributed by atoms with van der Waals surface area (Å²) in [6.07, 6.45) is 5.23. The zero-order valence-electron chi connectivity index (χ0n) is 30.0. The first-order valence-corrected chi connectivity index (χ1v) is 17.4. The maximum atomic E-state index is 15.1. The van der Waals surface area contributed by atoms with Gasteiger partial charge in [0.05, 0.1) is 13.7 Å². The lowest BCUT2D eigenvalue weighted by atomic mass is 10.00. The van der Waals surface area contributed by atoms with E-state index in [0.717, 1.165) is 49.0 Å². The van der Waals surface area contributed by atoms with Gasteiger partial charge < -0.3 is 35.1 Å². The number of likely N-dealkylation sites (tertiary alicyclic amines) is 1. The van der Waals surface area contributed by atoms with E-state index in [1.54, 1.807) is 24.3 Å².